The molecule has 102 valence electrons. The standard InChI is InChI=1S/C14H8Cl3FN2/c15-7-13-19-14-9(17)2-1-3-11(14)20(13)12-6-8(16)4-5-10(12)18/h1-6H,7H2. The van der Waals surface area contributed by atoms with E-state index in [0.717, 1.165) is 0 Å². The summed E-state index contributed by atoms with van der Waals surface area (Å²) in [6, 6.07) is 9.66. The van der Waals surface area contributed by atoms with Gasteiger partial charge in [-0.15, -0.1) is 11.6 Å². The largest absolute Gasteiger partial charge is 0.292 e. The van der Waals surface area contributed by atoms with Crippen molar-refractivity contribution in [1.82, 2.24) is 9.55 Å². The topological polar surface area (TPSA) is 17.8 Å². The van der Waals surface area contributed by atoms with E-state index in [4.69, 9.17) is 34.8 Å². The van der Waals surface area contributed by atoms with Gasteiger partial charge in [-0.25, -0.2) is 9.37 Å². The predicted molar refractivity (Wildman–Crippen MR) is 80.6 cm³/mol. The van der Waals surface area contributed by atoms with Crippen LogP contribution in [0.25, 0.3) is 16.7 Å². The molecular weight excluding hydrogens is 322 g/mol. The second kappa shape index (κ2) is 5.24. The van der Waals surface area contributed by atoms with E-state index >= 15 is 0 Å². The Hall–Kier alpha value is -1.29. The third-order valence-electron chi connectivity index (χ3n) is 2.97. The lowest BCUT2D eigenvalue weighted by atomic mass is 10.2. The molecule has 2 nitrogen and oxygen atoms in total. The SMILES string of the molecule is Fc1ccc(Cl)cc1-n1c(CCl)nc2c(Cl)cccc21. The van der Waals surface area contributed by atoms with E-state index < -0.39 is 5.82 Å². The fourth-order valence-electron chi connectivity index (χ4n) is 2.13. The van der Waals surface area contributed by atoms with Crippen LogP contribution in [-0.4, -0.2) is 9.55 Å². The fourth-order valence-corrected chi connectivity index (χ4v) is 2.69. The summed E-state index contributed by atoms with van der Waals surface area (Å²) in [6.07, 6.45) is 0. The van der Waals surface area contributed by atoms with Crippen LogP contribution >= 0.6 is 34.8 Å². The van der Waals surface area contributed by atoms with Gasteiger partial charge < -0.3 is 0 Å². The van der Waals surface area contributed by atoms with Crippen molar-refractivity contribution in [2.75, 3.05) is 0 Å². The van der Waals surface area contributed by atoms with Crippen LogP contribution in [0.5, 0.6) is 0 Å². The summed E-state index contributed by atoms with van der Waals surface area (Å²) < 4.78 is 15.7. The number of para-hydroxylation sites is 1. The predicted octanol–water partition coefficient (Wildman–Crippen LogP) is 5.21. The maximum absolute atomic E-state index is 14.1. The van der Waals surface area contributed by atoms with Gasteiger partial charge in [0.15, 0.2) is 0 Å². The molecule has 1 heterocycles. The highest BCUT2D eigenvalue weighted by Crippen LogP contribution is 2.29. The van der Waals surface area contributed by atoms with E-state index in [-0.39, 0.29) is 5.88 Å². The molecule has 0 amide bonds. The Morgan fingerprint density at radius 3 is 2.70 bits per heavy atom. The zero-order valence-electron chi connectivity index (χ0n) is 10.1. The average Bonchev–Trinajstić information content (AvgIpc) is 2.81. The van der Waals surface area contributed by atoms with Gasteiger partial charge in [-0.3, -0.25) is 4.57 Å². The summed E-state index contributed by atoms with van der Waals surface area (Å²) >= 11 is 18.0. The molecule has 0 saturated carbocycles. The number of halogens is 4. The van der Waals surface area contributed by atoms with Gasteiger partial charge in [-0.1, -0.05) is 29.3 Å². The molecule has 20 heavy (non-hydrogen) atoms. The smallest absolute Gasteiger partial charge is 0.147 e. The van der Waals surface area contributed by atoms with Gasteiger partial charge in [0, 0.05) is 5.02 Å². The van der Waals surface area contributed by atoms with Crippen molar-refractivity contribution >= 4 is 45.8 Å². The molecule has 0 aliphatic heterocycles. The van der Waals surface area contributed by atoms with Crippen molar-refractivity contribution in [3.63, 3.8) is 0 Å². The quantitative estimate of drug-likeness (QED) is 0.590. The van der Waals surface area contributed by atoms with Crippen molar-refractivity contribution in [2.45, 2.75) is 5.88 Å². The average molecular weight is 330 g/mol. The van der Waals surface area contributed by atoms with E-state index in [1.54, 1.807) is 16.7 Å². The Labute approximate surface area is 129 Å². The Morgan fingerprint density at radius 1 is 1.15 bits per heavy atom. The summed E-state index contributed by atoms with van der Waals surface area (Å²) in [6.45, 7) is 0. The van der Waals surface area contributed by atoms with Gasteiger partial charge in [0.2, 0.25) is 0 Å². The van der Waals surface area contributed by atoms with Crippen LogP contribution in [0.2, 0.25) is 10.0 Å². The summed E-state index contributed by atoms with van der Waals surface area (Å²) in [7, 11) is 0. The molecule has 0 radical (unpaired) electrons. The van der Waals surface area contributed by atoms with E-state index in [1.165, 1.54) is 18.2 Å². The van der Waals surface area contributed by atoms with Gasteiger partial charge in [-0.2, -0.15) is 0 Å². The Kier molecular flexibility index (Phi) is 3.59. The van der Waals surface area contributed by atoms with Gasteiger partial charge in [-0.05, 0) is 30.3 Å². The minimum absolute atomic E-state index is 0.136. The number of fused-ring (bicyclic) bond motifs is 1. The number of hydrogen-bond acceptors (Lipinski definition) is 1. The van der Waals surface area contributed by atoms with E-state index in [2.05, 4.69) is 4.98 Å². The number of hydrogen-bond donors (Lipinski definition) is 0. The molecule has 0 N–H and O–H groups in total. The van der Waals surface area contributed by atoms with E-state index in [0.29, 0.717) is 32.6 Å². The van der Waals surface area contributed by atoms with Crippen molar-refractivity contribution in [1.29, 1.82) is 0 Å². The fraction of sp³-hybridized carbons (Fsp3) is 0.0714. The van der Waals surface area contributed by atoms with Crippen LogP contribution in [0.4, 0.5) is 4.39 Å². The monoisotopic (exact) mass is 328 g/mol. The molecule has 6 heteroatoms. The summed E-state index contributed by atoms with van der Waals surface area (Å²) in [4.78, 5) is 4.37. The molecule has 3 rings (SSSR count). The van der Waals surface area contributed by atoms with E-state index in [1.807, 2.05) is 6.07 Å². The van der Waals surface area contributed by atoms with Crippen LogP contribution in [0.1, 0.15) is 5.82 Å². The number of alkyl halides is 1. The third-order valence-corrected chi connectivity index (χ3v) is 3.75. The minimum Gasteiger partial charge on any atom is -0.292 e. The zero-order chi connectivity index (χ0) is 14.3. The number of rotatable bonds is 2. The molecule has 1 aromatic heterocycles. The normalized spacial score (nSPS) is 11.2. The van der Waals surface area contributed by atoms with Crippen LogP contribution in [-0.2, 0) is 5.88 Å². The lowest BCUT2D eigenvalue weighted by Gasteiger charge is -2.09. The van der Waals surface area contributed by atoms with Gasteiger partial charge in [0.05, 0.1) is 22.1 Å². The number of aromatic nitrogens is 2. The van der Waals surface area contributed by atoms with E-state index in [9.17, 15) is 4.39 Å². The van der Waals surface area contributed by atoms with Crippen molar-refractivity contribution in [3.8, 4) is 5.69 Å². The van der Waals surface area contributed by atoms with Gasteiger partial charge >= 0.3 is 0 Å². The minimum atomic E-state index is -0.403. The molecular formula is C14H8Cl3FN2. The van der Waals surface area contributed by atoms with Crippen LogP contribution in [0.3, 0.4) is 0 Å². The number of benzene rings is 2. The first-order valence-corrected chi connectivity index (χ1v) is 7.08. The second-order valence-corrected chi connectivity index (χ2v) is 5.31. The molecule has 0 unspecified atom stereocenters. The lowest BCUT2D eigenvalue weighted by Crippen LogP contribution is -2.02. The molecule has 3 aromatic rings. The van der Waals surface area contributed by atoms with Crippen LogP contribution in [0.15, 0.2) is 36.4 Å². The second-order valence-electron chi connectivity index (χ2n) is 4.20. The molecule has 0 atom stereocenters. The van der Waals surface area contributed by atoms with Crippen molar-refractivity contribution in [3.05, 3.63) is 58.1 Å². The summed E-state index contributed by atoms with van der Waals surface area (Å²) in [5.41, 5.74) is 1.58. The zero-order valence-corrected chi connectivity index (χ0v) is 12.3. The Balaban J connectivity index is 2.40. The molecule has 0 spiro atoms. The van der Waals surface area contributed by atoms with Gasteiger partial charge in [0.1, 0.15) is 17.2 Å². The first-order valence-electron chi connectivity index (χ1n) is 5.79. The molecule has 0 saturated heterocycles. The maximum atomic E-state index is 14.1. The third kappa shape index (κ3) is 2.16. The number of imidazole rings is 1. The molecule has 0 aliphatic rings. The highest BCUT2D eigenvalue weighted by Gasteiger charge is 2.16. The molecule has 0 aliphatic carbocycles. The lowest BCUT2D eigenvalue weighted by molar-refractivity contribution is 0.618. The highest BCUT2D eigenvalue weighted by atomic mass is 35.5. The van der Waals surface area contributed by atoms with Crippen molar-refractivity contribution in [2.24, 2.45) is 0 Å². The molecule has 0 fully saturated rings. The van der Waals surface area contributed by atoms with Crippen molar-refractivity contribution < 1.29 is 4.39 Å². The first kappa shape index (κ1) is 13.7. The summed E-state index contributed by atoms with van der Waals surface area (Å²) in [5.74, 6) is 0.243. The highest BCUT2D eigenvalue weighted by molar-refractivity contribution is 6.35. The Morgan fingerprint density at radius 2 is 1.95 bits per heavy atom. The first-order chi connectivity index (χ1) is 9.61. The van der Waals surface area contributed by atoms with Gasteiger partial charge in [0.25, 0.3) is 0 Å². The summed E-state index contributed by atoms with van der Waals surface area (Å²) in [5, 5.41) is 0.931. The number of nitrogens with zero attached hydrogens (tertiary/aromatic N) is 2. The molecule has 0 bridgehead atoms. The van der Waals surface area contributed by atoms with Crippen LogP contribution in [0, 0.1) is 5.82 Å². The Bertz CT molecular complexity index is 798. The molecule has 2 aromatic carbocycles. The van der Waals surface area contributed by atoms with Crippen LogP contribution < -0.4 is 0 Å². The maximum Gasteiger partial charge on any atom is 0.147 e.